The van der Waals surface area contributed by atoms with Crippen molar-refractivity contribution >= 4 is 12.0 Å². The summed E-state index contributed by atoms with van der Waals surface area (Å²) in [6, 6.07) is 17.0. The minimum Gasteiger partial charge on any atom is -0.489 e. The largest absolute Gasteiger partial charge is 0.489 e. The molecular weight excluding hydrogens is 404 g/mol. The molecule has 3 N–H and O–H groups in total. The number of amides is 2. The molecule has 2 aliphatic rings. The number of rotatable bonds is 6. The minimum atomic E-state index is -1.47. The summed E-state index contributed by atoms with van der Waals surface area (Å²) in [6.07, 6.45) is 2.05. The van der Waals surface area contributed by atoms with Gasteiger partial charge in [0.15, 0.2) is 0 Å². The Labute approximate surface area is 188 Å². The molecule has 1 saturated carbocycles. The van der Waals surface area contributed by atoms with Crippen molar-refractivity contribution in [1.82, 2.24) is 4.90 Å². The molecule has 1 aliphatic heterocycles. The van der Waals surface area contributed by atoms with Gasteiger partial charge in [0.05, 0.1) is 0 Å². The molecule has 32 heavy (non-hydrogen) atoms. The average molecular weight is 435 g/mol. The summed E-state index contributed by atoms with van der Waals surface area (Å²) in [7, 11) is 0. The van der Waals surface area contributed by atoms with Crippen molar-refractivity contribution in [3.8, 4) is 5.75 Å². The quantitative estimate of drug-likeness (QED) is 0.676. The van der Waals surface area contributed by atoms with Gasteiger partial charge in [-0.15, -0.1) is 0 Å². The van der Waals surface area contributed by atoms with Gasteiger partial charge in [0.2, 0.25) is 0 Å². The van der Waals surface area contributed by atoms with Crippen LogP contribution in [0.3, 0.4) is 0 Å². The summed E-state index contributed by atoms with van der Waals surface area (Å²) in [6.45, 7) is 5.74. The van der Waals surface area contributed by atoms with Crippen molar-refractivity contribution in [3.63, 3.8) is 0 Å². The number of hydrogen-bond donors (Lipinski definition) is 2. The third kappa shape index (κ3) is 3.64. The van der Waals surface area contributed by atoms with Gasteiger partial charge in [-0.1, -0.05) is 55.5 Å². The van der Waals surface area contributed by atoms with E-state index in [-0.39, 0.29) is 5.92 Å². The van der Waals surface area contributed by atoms with Crippen molar-refractivity contribution in [1.29, 1.82) is 0 Å². The Bertz CT molecular complexity index is 1060. The highest BCUT2D eigenvalue weighted by Gasteiger charge is 2.56. The van der Waals surface area contributed by atoms with Crippen molar-refractivity contribution < 1.29 is 19.4 Å². The molecule has 0 radical (unpaired) electrons. The highest BCUT2D eigenvalue weighted by atomic mass is 16.5. The summed E-state index contributed by atoms with van der Waals surface area (Å²) >= 11 is 0. The van der Waals surface area contributed by atoms with Crippen LogP contribution in [0.4, 0.5) is 4.79 Å². The Kier molecular flexibility index (Phi) is 5.71. The summed E-state index contributed by atoms with van der Waals surface area (Å²) in [5.74, 6) is -0.602. The van der Waals surface area contributed by atoms with Crippen LogP contribution in [-0.4, -0.2) is 27.5 Å². The van der Waals surface area contributed by atoms with Gasteiger partial charge in [-0.05, 0) is 49.8 Å². The molecule has 168 valence electrons. The zero-order valence-corrected chi connectivity index (χ0v) is 18.7. The van der Waals surface area contributed by atoms with E-state index < -0.39 is 23.5 Å². The van der Waals surface area contributed by atoms with Gasteiger partial charge in [-0.3, -0.25) is 4.90 Å². The Hall–Kier alpha value is -3.28. The number of aliphatic carboxylic acids is 1. The van der Waals surface area contributed by atoms with Crippen molar-refractivity contribution in [3.05, 3.63) is 77.0 Å². The molecule has 2 aromatic rings. The normalized spacial score (nSPS) is 25.5. The zero-order chi connectivity index (χ0) is 23.0. The first-order valence-electron chi connectivity index (χ1n) is 11.1. The smallest absolute Gasteiger partial charge is 0.330 e. The molecule has 1 heterocycles. The number of carboxylic acids is 1. The number of primary amides is 1. The van der Waals surface area contributed by atoms with E-state index in [9.17, 15) is 14.7 Å². The Balaban J connectivity index is 1.82. The van der Waals surface area contributed by atoms with Crippen LogP contribution in [0.2, 0.25) is 0 Å². The monoisotopic (exact) mass is 434 g/mol. The molecule has 6 nitrogen and oxygen atoms in total. The van der Waals surface area contributed by atoms with Gasteiger partial charge in [0.1, 0.15) is 17.9 Å². The Morgan fingerprint density at radius 1 is 1.12 bits per heavy atom. The topological polar surface area (TPSA) is 92.9 Å². The van der Waals surface area contributed by atoms with Crippen molar-refractivity contribution in [2.75, 3.05) is 0 Å². The lowest BCUT2D eigenvalue weighted by Crippen LogP contribution is -2.63. The molecule has 0 bridgehead atoms. The molecule has 3 atom stereocenters. The van der Waals surface area contributed by atoms with Crippen LogP contribution in [-0.2, 0) is 11.4 Å². The fraction of sp³-hybridized carbons (Fsp3) is 0.385. The molecule has 6 heteroatoms. The number of nitrogens with zero attached hydrogens (tertiary/aromatic N) is 1. The van der Waals surface area contributed by atoms with Crippen LogP contribution in [0.15, 0.2) is 65.9 Å². The van der Waals surface area contributed by atoms with E-state index >= 15 is 0 Å². The Morgan fingerprint density at radius 2 is 1.75 bits per heavy atom. The number of ether oxygens (including phenoxy) is 1. The maximum Gasteiger partial charge on any atom is 0.330 e. The number of benzene rings is 2. The second kappa shape index (κ2) is 8.34. The van der Waals surface area contributed by atoms with E-state index in [1.807, 2.05) is 68.4 Å². The number of urea groups is 1. The minimum absolute atomic E-state index is 0.189. The standard InChI is InChI=1S/C26H30N2O4/c1-16-22(20-11-7-8-12-21(20)32-15-18-9-5-4-6-10-18)23(19-13-14-19)17(2)28(25(27)31)26(16,3)24(29)30/h4-12,16,19,22H,13-15H2,1-3H3,(H2,27,31)(H,29,30). The lowest BCUT2D eigenvalue weighted by molar-refractivity contribution is -0.151. The second-order valence-electron chi connectivity index (χ2n) is 9.02. The molecule has 0 aromatic heterocycles. The van der Waals surface area contributed by atoms with E-state index in [2.05, 4.69) is 0 Å². The maximum absolute atomic E-state index is 12.5. The van der Waals surface area contributed by atoms with E-state index in [0.717, 1.165) is 35.3 Å². The van der Waals surface area contributed by atoms with Gasteiger partial charge < -0.3 is 15.6 Å². The first-order valence-corrected chi connectivity index (χ1v) is 11.1. The van der Waals surface area contributed by atoms with Crippen LogP contribution in [0.1, 0.15) is 50.7 Å². The SMILES string of the molecule is CC1=C(C2CC2)C(c2ccccc2OCc2ccccc2)C(C)C(C)(C(=O)O)N1C(N)=O. The lowest BCUT2D eigenvalue weighted by atomic mass is 9.66. The highest BCUT2D eigenvalue weighted by Crippen LogP contribution is 2.56. The molecule has 0 saturated heterocycles. The fourth-order valence-electron chi connectivity index (χ4n) is 5.17. The molecule has 0 spiro atoms. The van der Waals surface area contributed by atoms with E-state index in [0.29, 0.717) is 18.2 Å². The van der Waals surface area contributed by atoms with E-state index in [4.69, 9.17) is 10.5 Å². The second-order valence-corrected chi connectivity index (χ2v) is 9.02. The van der Waals surface area contributed by atoms with Crippen molar-refractivity contribution in [2.24, 2.45) is 17.6 Å². The molecule has 4 rings (SSSR count). The van der Waals surface area contributed by atoms with Crippen LogP contribution >= 0.6 is 0 Å². The number of carbonyl (C=O) groups excluding carboxylic acids is 1. The number of nitrogens with two attached hydrogens (primary N) is 1. The average Bonchev–Trinajstić information content (AvgIpc) is 3.60. The number of hydrogen-bond acceptors (Lipinski definition) is 3. The van der Waals surface area contributed by atoms with E-state index in [1.54, 1.807) is 6.92 Å². The molecule has 2 aromatic carbocycles. The summed E-state index contributed by atoms with van der Waals surface area (Å²) in [5.41, 5.74) is 8.01. The third-order valence-corrected chi connectivity index (χ3v) is 7.10. The number of carboxylic acid groups (broad SMARTS) is 1. The summed E-state index contributed by atoms with van der Waals surface area (Å²) in [5, 5.41) is 10.2. The predicted molar refractivity (Wildman–Crippen MR) is 122 cm³/mol. The van der Waals surface area contributed by atoms with Crippen LogP contribution in [0.5, 0.6) is 5.75 Å². The Morgan fingerprint density at radius 3 is 2.34 bits per heavy atom. The van der Waals surface area contributed by atoms with Gasteiger partial charge in [0, 0.05) is 23.1 Å². The lowest BCUT2D eigenvalue weighted by Gasteiger charge is -2.50. The number of allylic oxidation sites excluding steroid dienone is 2. The van der Waals surface area contributed by atoms with Crippen LogP contribution in [0, 0.1) is 11.8 Å². The van der Waals surface area contributed by atoms with Crippen LogP contribution < -0.4 is 10.5 Å². The predicted octanol–water partition coefficient (Wildman–Crippen LogP) is 4.91. The first-order chi connectivity index (χ1) is 15.3. The van der Waals surface area contributed by atoms with E-state index in [1.165, 1.54) is 4.90 Å². The summed E-state index contributed by atoms with van der Waals surface area (Å²) < 4.78 is 6.24. The first kappa shape index (κ1) is 21.9. The number of carbonyl (C=O) groups is 2. The van der Waals surface area contributed by atoms with Gasteiger partial charge in [0.25, 0.3) is 0 Å². The van der Waals surface area contributed by atoms with Crippen molar-refractivity contribution in [2.45, 2.75) is 51.7 Å². The highest BCUT2D eigenvalue weighted by molar-refractivity contribution is 5.88. The van der Waals surface area contributed by atoms with Gasteiger partial charge in [-0.25, -0.2) is 9.59 Å². The molecule has 1 aliphatic carbocycles. The maximum atomic E-state index is 12.5. The number of para-hydroxylation sites is 1. The molecule has 2 amide bonds. The summed E-state index contributed by atoms with van der Waals surface area (Å²) in [4.78, 5) is 26.2. The third-order valence-electron chi connectivity index (χ3n) is 7.10. The van der Waals surface area contributed by atoms with Crippen LogP contribution in [0.25, 0.3) is 0 Å². The molecular formula is C26H30N2O4. The molecule has 3 unspecified atom stereocenters. The zero-order valence-electron chi connectivity index (χ0n) is 18.7. The molecule has 1 fully saturated rings. The van der Waals surface area contributed by atoms with Gasteiger partial charge >= 0.3 is 12.0 Å². The van der Waals surface area contributed by atoms with Gasteiger partial charge in [-0.2, -0.15) is 0 Å². The fourth-order valence-corrected chi connectivity index (χ4v) is 5.17.